The Balaban J connectivity index is 1.39. The molecule has 2 aromatic carbocycles. The molecule has 0 unspecified atom stereocenters. The number of para-hydroxylation sites is 1. The third kappa shape index (κ3) is 6.47. The monoisotopic (exact) mass is 537 g/mol. The number of anilines is 1. The summed E-state index contributed by atoms with van der Waals surface area (Å²) in [6.07, 6.45) is 3.28. The van der Waals surface area contributed by atoms with Crippen LogP contribution in [0.2, 0.25) is 10.0 Å². The number of pyridine rings is 2. The van der Waals surface area contributed by atoms with E-state index in [4.69, 9.17) is 27.9 Å². The van der Waals surface area contributed by atoms with E-state index in [1.807, 2.05) is 37.3 Å². The van der Waals surface area contributed by atoms with Gasteiger partial charge in [0.1, 0.15) is 12.4 Å². The fourth-order valence-corrected chi connectivity index (χ4v) is 4.23. The molecule has 2 N–H and O–H groups in total. The molecule has 0 aliphatic carbocycles. The Kier molecular flexibility index (Phi) is 8.43. The number of rotatable bonds is 8. The molecule has 37 heavy (non-hydrogen) atoms. The number of amides is 3. The zero-order valence-corrected chi connectivity index (χ0v) is 21.8. The van der Waals surface area contributed by atoms with E-state index >= 15 is 0 Å². The molecular weight excluding hydrogens is 513 g/mol. The molecule has 0 fully saturated rings. The highest BCUT2D eigenvalue weighted by Gasteiger charge is 2.19. The molecule has 0 aliphatic rings. The van der Waals surface area contributed by atoms with E-state index in [0.717, 1.165) is 22.2 Å². The van der Waals surface area contributed by atoms with Gasteiger partial charge < -0.3 is 20.3 Å². The number of nitrogens with one attached hydrogen (secondary N) is 2. The van der Waals surface area contributed by atoms with Crippen molar-refractivity contribution >= 4 is 51.7 Å². The van der Waals surface area contributed by atoms with Crippen molar-refractivity contribution in [2.45, 2.75) is 20.1 Å². The standard InChI is InChI=1S/C27H25Cl2N5O3/c1-17-24(13-19-5-3-4-6-22(19)33-17)37-16-20-21(28)7-8-23(26(20)29)34(2)25(35)15-32-27(36)31-14-18-9-11-30-12-10-18/h3-13H,14-16H2,1-2H3,(H2,31,32,36). The predicted molar refractivity (Wildman–Crippen MR) is 145 cm³/mol. The number of halogens is 2. The van der Waals surface area contributed by atoms with E-state index in [-0.39, 0.29) is 24.1 Å². The minimum atomic E-state index is -0.464. The number of hydrogen-bond acceptors (Lipinski definition) is 5. The summed E-state index contributed by atoms with van der Waals surface area (Å²) in [5, 5.41) is 6.91. The lowest BCUT2D eigenvalue weighted by Crippen LogP contribution is -2.42. The van der Waals surface area contributed by atoms with Crippen LogP contribution < -0.4 is 20.3 Å². The van der Waals surface area contributed by atoms with Crippen LogP contribution in [0.5, 0.6) is 5.75 Å². The third-order valence-electron chi connectivity index (χ3n) is 5.74. The molecule has 2 heterocycles. The van der Waals surface area contributed by atoms with Crippen LogP contribution in [0.4, 0.5) is 10.5 Å². The largest absolute Gasteiger partial charge is 0.487 e. The van der Waals surface area contributed by atoms with Gasteiger partial charge in [0.15, 0.2) is 0 Å². The van der Waals surface area contributed by atoms with Crippen LogP contribution in [0.25, 0.3) is 10.9 Å². The Morgan fingerprint density at radius 2 is 1.78 bits per heavy atom. The average Bonchev–Trinajstić information content (AvgIpc) is 2.90. The summed E-state index contributed by atoms with van der Waals surface area (Å²) < 4.78 is 6.03. The molecule has 0 atom stereocenters. The lowest BCUT2D eigenvalue weighted by Gasteiger charge is -2.21. The van der Waals surface area contributed by atoms with E-state index in [0.29, 0.717) is 28.6 Å². The average molecular weight is 538 g/mol. The zero-order chi connectivity index (χ0) is 26.4. The highest BCUT2D eigenvalue weighted by molar-refractivity contribution is 6.38. The summed E-state index contributed by atoms with van der Waals surface area (Å²) in [6, 6.07) is 16.1. The van der Waals surface area contributed by atoms with Gasteiger partial charge in [-0.15, -0.1) is 0 Å². The Morgan fingerprint density at radius 3 is 2.57 bits per heavy atom. The maximum Gasteiger partial charge on any atom is 0.315 e. The van der Waals surface area contributed by atoms with Crippen LogP contribution in [0.3, 0.4) is 0 Å². The zero-order valence-electron chi connectivity index (χ0n) is 20.3. The number of aryl methyl sites for hydroxylation is 1. The summed E-state index contributed by atoms with van der Waals surface area (Å²) >= 11 is 13.1. The van der Waals surface area contributed by atoms with Crippen LogP contribution in [0.1, 0.15) is 16.8 Å². The van der Waals surface area contributed by atoms with Crippen molar-refractivity contribution in [3.05, 3.63) is 93.9 Å². The first-order valence-electron chi connectivity index (χ1n) is 11.5. The lowest BCUT2D eigenvalue weighted by atomic mass is 10.1. The smallest absolute Gasteiger partial charge is 0.315 e. The number of aromatic nitrogens is 2. The van der Waals surface area contributed by atoms with E-state index in [1.54, 1.807) is 43.7 Å². The fourth-order valence-electron chi connectivity index (χ4n) is 3.62. The molecule has 4 rings (SSSR count). The van der Waals surface area contributed by atoms with Crippen LogP contribution in [0, 0.1) is 6.92 Å². The van der Waals surface area contributed by atoms with Gasteiger partial charge >= 0.3 is 6.03 Å². The molecule has 0 bridgehead atoms. The molecule has 10 heteroatoms. The Labute approximate surface area is 224 Å². The Hall–Kier alpha value is -3.88. The third-order valence-corrected chi connectivity index (χ3v) is 6.52. The van der Waals surface area contributed by atoms with Gasteiger partial charge in [0, 0.05) is 42.0 Å². The van der Waals surface area contributed by atoms with Crippen LogP contribution in [-0.4, -0.2) is 35.5 Å². The van der Waals surface area contributed by atoms with Crippen molar-refractivity contribution in [2.75, 3.05) is 18.5 Å². The fraction of sp³-hybridized carbons (Fsp3) is 0.185. The molecule has 2 aromatic heterocycles. The molecular formula is C27H25Cl2N5O3. The minimum absolute atomic E-state index is 0.0874. The van der Waals surface area contributed by atoms with E-state index in [2.05, 4.69) is 20.6 Å². The number of ether oxygens (including phenoxy) is 1. The maximum absolute atomic E-state index is 12.8. The number of carbonyl (C=O) groups is 2. The molecule has 0 saturated heterocycles. The number of hydrogen-bond donors (Lipinski definition) is 2. The van der Waals surface area contributed by atoms with Gasteiger partial charge in [-0.25, -0.2) is 9.78 Å². The maximum atomic E-state index is 12.8. The molecule has 0 radical (unpaired) electrons. The van der Waals surface area contributed by atoms with Crippen LogP contribution in [-0.2, 0) is 17.9 Å². The normalized spacial score (nSPS) is 10.7. The predicted octanol–water partition coefficient (Wildman–Crippen LogP) is 5.29. The quantitative estimate of drug-likeness (QED) is 0.318. The van der Waals surface area contributed by atoms with Crippen molar-refractivity contribution in [3.63, 3.8) is 0 Å². The summed E-state index contributed by atoms with van der Waals surface area (Å²) in [4.78, 5) is 34.7. The molecule has 0 saturated carbocycles. The number of nitrogens with zero attached hydrogens (tertiary/aromatic N) is 3. The highest BCUT2D eigenvalue weighted by Crippen LogP contribution is 2.35. The van der Waals surface area contributed by atoms with Gasteiger partial charge in [-0.05, 0) is 48.9 Å². The van der Waals surface area contributed by atoms with Gasteiger partial charge in [0.05, 0.1) is 28.5 Å². The molecule has 4 aromatic rings. The number of carbonyl (C=O) groups excluding carboxylic acids is 2. The Morgan fingerprint density at radius 1 is 1.03 bits per heavy atom. The Bertz CT molecular complexity index is 1430. The van der Waals surface area contributed by atoms with E-state index in [9.17, 15) is 9.59 Å². The first-order valence-corrected chi connectivity index (χ1v) is 12.2. The molecule has 0 aliphatic heterocycles. The van der Waals surface area contributed by atoms with Crippen molar-refractivity contribution < 1.29 is 14.3 Å². The lowest BCUT2D eigenvalue weighted by molar-refractivity contribution is -0.117. The van der Waals surface area contributed by atoms with E-state index in [1.165, 1.54) is 4.90 Å². The molecule has 190 valence electrons. The van der Waals surface area contributed by atoms with Gasteiger partial charge in [-0.3, -0.25) is 9.78 Å². The summed E-state index contributed by atoms with van der Waals surface area (Å²) in [6.45, 7) is 2.06. The minimum Gasteiger partial charge on any atom is -0.487 e. The van der Waals surface area contributed by atoms with Crippen LogP contribution in [0.15, 0.2) is 67.0 Å². The highest BCUT2D eigenvalue weighted by atomic mass is 35.5. The van der Waals surface area contributed by atoms with Crippen molar-refractivity contribution in [3.8, 4) is 5.75 Å². The van der Waals surface area contributed by atoms with E-state index < -0.39 is 6.03 Å². The summed E-state index contributed by atoms with van der Waals surface area (Å²) in [7, 11) is 1.58. The topological polar surface area (TPSA) is 96.5 Å². The van der Waals surface area contributed by atoms with Gasteiger partial charge in [-0.2, -0.15) is 0 Å². The molecule has 3 amide bonds. The second kappa shape index (κ2) is 11.9. The van der Waals surface area contributed by atoms with Crippen molar-refractivity contribution in [2.24, 2.45) is 0 Å². The molecule has 0 spiro atoms. The van der Waals surface area contributed by atoms with Gasteiger partial charge in [0.25, 0.3) is 0 Å². The van der Waals surface area contributed by atoms with Gasteiger partial charge in [0.2, 0.25) is 5.91 Å². The number of urea groups is 1. The van der Waals surface area contributed by atoms with Gasteiger partial charge in [-0.1, -0.05) is 41.4 Å². The number of fused-ring (bicyclic) bond motifs is 1. The number of benzene rings is 2. The first kappa shape index (κ1) is 26.2. The van der Waals surface area contributed by atoms with Crippen LogP contribution >= 0.6 is 23.2 Å². The summed E-state index contributed by atoms with van der Waals surface area (Å²) in [5.41, 5.74) is 3.50. The second-order valence-electron chi connectivity index (χ2n) is 8.26. The number of likely N-dealkylation sites (N-methyl/N-ethyl adjacent to an activating group) is 1. The second-order valence-corrected chi connectivity index (χ2v) is 9.04. The van der Waals surface area contributed by atoms with Crippen molar-refractivity contribution in [1.82, 2.24) is 20.6 Å². The summed E-state index contributed by atoms with van der Waals surface area (Å²) in [5.74, 6) is 0.257. The van der Waals surface area contributed by atoms with Crippen molar-refractivity contribution in [1.29, 1.82) is 0 Å². The first-order chi connectivity index (χ1) is 17.8. The SMILES string of the molecule is Cc1nc2ccccc2cc1OCc1c(Cl)ccc(N(C)C(=O)CNC(=O)NCc2ccncc2)c1Cl. The molecule has 8 nitrogen and oxygen atoms in total.